The Morgan fingerprint density at radius 2 is 1.95 bits per heavy atom. The molecule has 0 amide bonds. The maximum atomic E-state index is 11.9. The Kier molecular flexibility index (Phi) is 3.06. The summed E-state index contributed by atoms with van der Waals surface area (Å²) in [6.07, 6.45) is 0. The maximum absolute atomic E-state index is 11.9. The molecule has 0 unspecified atom stereocenters. The number of benzene rings is 1. The van der Waals surface area contributed by atoms with E-state index in [0.29, 0.717) is 10.9 Å². The number of nitrogens with one attached hydrogen (secondary N) is 1. The van der Waals surface area contributed by atoms with Crippen LogP contribution in [0.2, 0.25) is 0 Å². The highest BCUT2D eigenvalue weighted by molar-refractivity contribution is 6.04. The van der Waals surface area contributed by atoms with Crippen LogP contribution in [-0.4, -0.2) is 27.6 Å². The number of carboxylic acid groups (broad SMARTS) is 1. The Morgan fingerprint density at radius 3 is 2.53 bits per heavy atom. The van der Waals surface area contributed by atoms with Crippen LogP contribution in [0.3, 0.4) is 0 Å². The second kappa shape index (κ2) is 4.42. The number of H-pyrrole nitrogens is 1. The average molecular weight is 261 g/mol. The van der Waals surface area contributed by atoms with Gasteiger partial charge in [-0.3, -0.25) is 0 Å². The first-order valence-corrected chi connectivity index (χ1v) is 5.86. The molecular formula is C14H15NO4. The summed E-state index contributed by atoms with van der Waals surface area (Å²) in [6, 6.07) is 6.46. The third kappa shape index (κ3) is 2.76. The molecule has 5 nitrogen and oxygen atoms in total. The summed E-state index contributed by atoms with van der Waals surface area (Å²) in [4.78, 5) is 25.8. The summed E-state index contributed by atoms with van der Waals surface area (Å²) in [5.74, 6) is -1.54. The molecule has 0 aliphatic heterocycles. The number of para-hydroxylation sites is 1. The summed E-state index contributed by atoms with van der Waals surface area (Å²) < 4.78 is 5.24. The third-order valence-corrected chi connectivity index (χ3v) is 2.51. The van der Waals surface area contributed by atoms with Crippen molar-refractivity contribution in [1.29, 1.82) is 0 Å². The van der Waals surface area contributed by atoms with Crippen LogP contribution >= 0.6 is 0 Å². The molecule has 100 valence electrons. The van der Waals surface area contributed by atoms with E-state index in [-0.39, 0.29) is 11.3 Å². The summed E-state index contributed by atoms with van der Waals surface area (Å²) in [7, 11) is 0. The number of aromatic nitrogens is 1. The lowest BCUT2D eigenvalue weighted by atomic mass is 10.1. The number of ether oxygens (including phenoxy) is 1. The lowest BCUT2D eigenvalue weighted by Crippen LogP contribution is -2.24. The van der Waals surface area contributed by atoms with E-state index in [4.69, 9.17) is 9.84 Å². The van der Waals surface area contributed by atoms with Crippen molar-refractivity contribution in [2.45, 2.75) is 26.4 Å². The quantitative estimate of drug-likeness (QED) is 0.815. The fourth-order valence-electron chi connectivity index (χ4n) is 1.78. The zero-order valence-corrected chi connectivity index (χ0v) is 11.0. The summed E-state index contributed by atoms with van der Waals surface area (Å²) in [5, 5.41) is 9.75. The van der Waals surface area contributed by atoms with E-state index in [1.807, 2.05) is 0 Å². The molecule has 0 aliphatic rings. The summed E-state index contributed by atoms with van der Waals surface area (Å²) >= 11 is 0. The number of esters is 1. The molecule has 0 atom stereocenters. The van der Waals surface area contributed by atoms with Gasteiger partial charge in [0.05, 0.1) is 11.1 Å². The molecule has 1 aromatic carbocycles. The van der Waals surface area contributed by atoms with Crippen LogP contribution < -0.4 is 0 Å². The normalized spacial score (nSPS) is 11.5. The fourth-order valence-corrected chi connectivity index (χ4v) is 1.78. The zero-order valence-electron chi connectivity index (χ0n) is 11.0. The minimum atomic E-state index is -1.04. The van der Waals surface area contributed by atoms with Crippen molar-refractivity contribution in [2.24, 2.45) is 0 Å². The van der Waals surface area contributed by atoms with Crippen molar-refractivity contribution in [3.05, 3.63) is 35.5 Å². The minimum Gasteiger partial charge on any atom is -0.478 e. The lowest BCUT2D eigenvalue weighted by molar-refractivity contribution is 0.00636. The molecule has 5 heteroatoms. The number of fused-ring (bicyclic) bond motifs is 1. The molecule has 1 heterocycles. The summed E-state index contributed by atoms with van der Waals surface area (Å²) in [5.41, 5.74) is 0.214. The fraction of sp³-hybridized carbons (Fsp3) is 0.286. The predicted molar refractivity (Wildman–Crippen MR) is 70.4 cm³/mol. The molecule has 0 fully saturated rings. The Bertz CT molecular complexity index is 649. The molecule has 2 aromatic rings. The van der Waals surface area contributed by atoms with Crippen LogP contribution in [-0.2, 0) is 4.74 Å². The number of aromatic amines is 1. The van der Waals surface area contributed by atoms with Crippen molar-refractivity contribution in [2.75, 3.05) is 0 Å². The van der Waals surface area contributed by atoms with Gasteiger partial charge in [-0.15, -0.1) is 0 Å². The number of hydrogen-bond donors (Lipinski definition) is 2. The van der Waals surface area contributed by atoms with Gasteiger partial charge in [-0.05, 0) is 32.9 Å². The molecule has 0 spiro atoms. The van der Waals surface area contributed by atoms with Crippen LogP contribution in [0.1, 0.15) is 41.6 Å². The SMILES string of the molecule is CC(C)(C)OC(=O)c1cc2cccc(C(=O)O)c2[nH]1. The van der Waals surface area contributed by atoms with Crippen molar-refractivity contribution >= 4 is 22.8 Å². The number of rotatable bonds is 2. The first kappa shape index (κ1) is 13.1. The smallest absolute Gasteiger partial charge is 0.355 e. The summed E-state index contributed by atoms with van der Waals surface area (Å²) in [6.45, 7) is 5.32. The number of carbonyl (C=O) groups excluding carboxylic acids is 1. The highest BCUT2D eigenvalue weighted by Gasteiger charge is 2.20. The second-order valence-electron chi connectivity index (χ2n) is 5.26. The van der Waals surface area contributed by atoms with E-state index in [1.165, 1.54) is 6.07 Å². The Labute approximate surface area is 110 Å². The predicted octanol–water partition coefficient (Wildman–Crippen LogP) is 2.82. The molecule has 1 aromatic heterocycles. The second-order valence-corrected chi connectivity index (χ2v) is 5.26. The average Bonchev–Trinajstić information content (AvgIpc) is 2.69. The molecule has 19 heavy (non-hydrogen) atoms. The van der Waals surface area contributed by atoms with Gasteiger partial charge in [0.2, 0.25) is 0 Å². The maximum Gasteiger partial charge on any atom is 0.355 e. The van der Waals surface area contributed by atoms with E-state index in [9.17, 15) is 9.59 Å². The Balaban J connectivity index is 2.45. The van der Waals surface area contributed by atoms with Crippen LogP contribution in [0.4, 0.5) is 0 Å². The molecular weight excluding hydrogens is 246 g/mol. The van der Waals surface area contributed by atoms with Crippen molar-refractivity contribution < 1.29 is 19.4 Å². The van der Waals surface area contributed by atoms with Gasteiger partial charge in [-0.25, -0.2) is 9.59 Å². The number of carboxylic acids is 1. The standard InChI is InChI=1S/C14H15NO4/c1-14(2,3)19-13(18)10-7-8-5-4-6-9(12(16)17)11(8)15-10/h4-7,15H,1-3H3,(H,16,17). The molecule has 0 aliphatic carbocycles. The minimum absolute atomic E-state index is 0.132. The molecule has 0 radical (unpaired) electrons. The monoisotopic (exact) mass is 261 g/mol. The van der Waals surface area contributed by atoms with Crippen LogP contribution in [0.15, 0.2) is 24.3 Å². The van der Waals surface area contributed by atoms with E-state index in [2.05, 4.69) is 4.98 Å². The van der Waals surface area contributed by atoms with E-state index < -0.39 is 17.5 Å². The highest BCUT2D eigenvalue weighted by Crippen LogP contribution is 2.21. The molecule has 2 N–H and O–H groups in total. The van der Waals surface area contributed by atoms with Crippen molar-refractivity contribution in [3.63, 3.8) is 0 Å². The Hall–Kier alpha value is -2.30. The third-order valence-electron chi connectivity index (χ3n) is 2.51. The van der Waals surface area contributed by atoms with Crippen molar-refractivity contribution in [3.8, 4) is 0 Å². The van der Waals surface area contributed by atoms with Gasteiger partial charge in [0.1, 0.15) is 11.3 Å². The largest absolute Gasteiger partial charge is 0.478 e. The van der Waals surface area contributed by atoms with Gasteiger partial charge < -0.3 is 14.8 Å². The van der Waals surface area contributed by atoms with Crippen LogP contribution in [0, 0.1) is 0 Å². The van der Waals surface area contributed by atoms with E-state index in [1.54, 1.807) is 39.0 Å². The number of hydrogen-bond acceptors (Lipinski definition) is 3. The van der Waals surface area contributed by atoms with Gasteiger partial charge in [-0.2, -0.15) is 0 Å². The number of carbonyl (C=O) groups is 2. The molecule has 0 bridgehead atoms. The number of aromatic carboxylic acids is 1. The molecule has 0 saturated carbocycles. The lowest BCUT2D eigenvalue weighted by Gasteiger charge is -2.18. The van der Waals surface area contributed by atoms with Crippen LogP contribution in [0.25, 0.3) is 10.9 Å². The van der Waals surface area contributed by atoms with Gasteiger partial charge in [0.15, 0.2) is 0 Å². The van der Waals surface area contributed by atoms with Crippen molar-refractivity contribution in [1.82, 2.24) is 4.98 Å². The van der Waals surface area contributed by atoms with Gasteiger partial charge in [0.25, 0.3) is 0 Å². The van der Waals surface area contributed by atoms with Crippen LogP contribution in [0.5, 0.6) is 0 Å². The first-order valence-electron chi connectivity index (χ1n) is 5.86. The zero-order chi connectivity index (χ0) is 14.2. The van der Waals surface area contributed by atoms with Gasteiger partial charge in [-0.1, -0.05) is 12.1 Å². The van der Waals surface area contributed by atoms with E-state index >= 15 is 0 Å². The highest BCUT2D eigenvalue weighted by atomic mass is 16.6. The van der Waals surface area contributed by atoms with Gasteiger partial charge >= 0.3 is 11.9 Å². The Morgan fingerprint density at radius 1 is 1.26 bits per heavy atom. The molecule has 0 saturated heterocycles. The van der Waals surface area contributed by atoms with Gasteiger partial charge in [0, 0.05) is 5.39 Å². The topological polar surface area (TPSA) is 79.4 Å². The molecule has 2 rings (SSSR count). The van der Waals surface area contributed by atoms with E-state index in [0.717, 1.165) is 0 Å². The first-order chi connectivity index (χ1) is 8.78.